The number of aryl methyl sites for hydroxylation is 1. The first kappa shape index (κ1) is 17.0. The Bertz CT molecular complexity index is 815. The monoisotopic (exact) mass is 349 g/mol. The predicted molar refractivity (Wildman–Crippen MR) is 91.2 cm³/mol. The van der Waals surface area contributed by atoms with Gasteiger partial charge in [0.25, 0.3) is 10.0 Å². The minimum Gasteiger partial charge on any atom is -0.490 e. The van der Waals surface area contributed by atoms with Crippen LogP contribution in [-0.4, -0.2) is 41.7 Å². The van der Waals surface area contributed by atoms with E-state index < -0.39 is 10.0 Å². The summed E-state index contributed by atoms with van der Waals surface area (Å²) in [5.74, 6) is 0.811. The highest BCUT2D eigenvalue weighted by Crippen LogP contribution is 2.46. The number of hydrogen-bond acceptors (Lipinski definition) is 4. The molecule has 2 atom stereocenters. The van der Waals surface area contributed by atoms with Crippen molar-refractivity contribution in [2.75, 3.05) is 7.05 Å². The molecule has 1 aliphatic carbocycles. The molecule has 2 aromatic rings. The molecular weight excluding hydrogens is 326 g/mol. The summed E-state index contributed by atoms with van der Waals surface area (Å²) in [5, 5.41) is 4.16. The average Bonchev–Trinajstić information content (AvgIpc) is 2.98. The highest BCUT2D eigenvalue weighted by atomic mass is 32.2. The van der Waals surface area contributed by atoms with E-state index in [0.29, 0.717) is 6.42 Å². The van der Waals surface area contributed by atoms with Gasteiger partial charge in [-0.15, -0.1) is 0 Å². The van der Waals surface area contributed by atoms with E-state index in [1.54, 1.807) is 14.1 Å². The first-order valence-corrected chi connectivity index (χ1v) is 9.36. The van der Waals surface area contributed by atoms with E-state index in [0.717, 1.165) is 5.75 Å². The molecule has 0 N–H and O–H groups in total. The van der Waals surface area contributed by atoms with Crippen LogP contribution in [0, 0.1) is 5.41 Å². The quantitative estimate of drug-likeness (QED) is 0.831. The zero-order chi connectivity index (χ0) is 17.5. The summed E-state index contributed by atoms with van der Waals surface area (Å²) in [5.41, 5.74) is -0.281. The molecule has 1 aromatic heterocycles. The molecule has 7 heteroatoms. The Morgan fingerprint density at radius 2 is 1.92 bits per heavy atom. The molecule has 1 saturated carbocycles. The van der Waals surface area contributed by atoms with Crippen molar-refractivity contribution in [3.63, 3.8) is 0 Å². The lowest BCUT2D eigenvalue weighted by molar-refractivity contribution is -0.0772. The average molecular weight is 349 g/mol. The summed E-state index contributed by atoms with van der Waals surface area (Å²) >= 11 is 0. The van der Waals surface area contributed by atoms with Crippen LogP contribution >= 0.6 is 0 Å². The molecule has 24 heavy (non-hydrogen) atoms. The van der Waals surface area contributed by atoms with Crippen LogP contribution in [0.15, 0.2) is 47.6 Å². The third kappa shape index (κ3) is 2.71. The Kier molecular flexibility index (Phi) is 4.17. The standard InChI is InChI=1S/C17H23N3O3S/c1-17(2)14(12-15(17)23-13-8-6-5-7-9-13)20(4)24(21,22)16-10-11-18-19(16)3/h5-11,14-15H,12H2,1-4H3. The fraction of sp³-hybridized carbons (Fsp3) is 0.471. The molecule has 1 heterocycles. The van der Waals surface area contributed by atoms with Crippen LogP contribution in [0.4, 0.5) is 0 Å². The Balaban J connectivity index is 1.76. The van der Waals surface area contributed by atoms with Gasteiger partial charge in [-0.3, -0.25) is 4.68 Å². The van der Waals surface area contributed by atoms with Gasteiger partial charge in [-0.05, 0) is 18.2 Å². The Hall–Kier alpha value is -1.86. The van der Waals surface area contributed by atoms with Gasteiger partial charge in [0.2, 0.25) is 0 Å². The van der Waals surface area contributed by atoms with Gasteiger partial charge in [-0.1, -0.05) is 32.0 Å². The molecule has 1 aromatic carbocycles. The maximum Gasteiger partial charge on any atom is 0.260 e. The molecule has 0 radical (unpaired) electrons. The number of rotatable bonds is 5. The van der Waals surface area contributed by atoms with Crippen LogP contribution in [0.25, 0.3) is 0 Å². The molecule has 0 aliphatic heterocycles. The summed E-state index contributed by atoms with van der Waals surface area (Å²) < 4.78 is 34.5. The van der Waals surface area contributed by atoms with Crippen molar-refractivity contribution in [2.24, 2.45) is 12.5 Å². The summed E-state index contributed by atoms with van der Waals surface area (Å²) in [6, 6.07) is 11.0. The summed E-state index contributed by atoms with van der Waals surface area (Å²) in [6.45, 7) is 4.09. The van der Waals surface area contributed by atoms with Gasteiger partial charge in [0.05, 0.1) is 6.20 Å². The van der Waals surface area contributed by atoms with Crippen molar-refractivity contribution in [3.05, 3.63) is 42.6 Å². The lowest BCUT2D eigenvalue weighted by Gasteiger charge is -2.54. The summed E-state index contributed by atoms with van der Waals surface area (Å²) in [6.07, 6.45) is 2.14. The minimum absolute atomic E-state index is 0.0194. The second-order valence-corrected chi connectivity index (χ2v) is 8.75. The highest BCUT2D eigenvalue weighted by molar-refractivity contribution is 7.89. The van der Waals surface area contributed by atoms with Crippen molar-refractivity contribution < 1.29 is 13.2 Å². The van der Waals surface area contributed by atoms with E-state index in [2.05, 4.69) is 5.10 Å². The van der Waals surface area contributed by atoms with E-state index in [1.165, 1.54) is 21.3 Å². The van der Waals surface area contributed by atoms with E-state index in [1.807, 2.05) is 44.2 Å². The van der Waals surface area contributed by atoms with Gasteiger partial charge in [-0.2, -0.15) is 9.40 Å². The first-order valence-electron chi connectivity index (χ1n) is 7.92. The molecule has 0 spiro atoms. The zero-order valence-corrected chi connectivity index (χ0v) is 15.2. The number of ether oxygens (including phenoxy) is 1. The Labute approximate surface area is 143 Å². The third-order valence-electron chi connectivity index (χ3n) is 5.01. The zero-order valence-electron chi connectivity index (χ0n) is 14.4. The maximum absolute atomic E-state index is 12.8. The van der Waals surface area contributed by atoms with Crippen LogP contribution in [0.1, 0.15) is 20.3 Å². The fourth-order valence-electron chi connectivity index (χ4n) is 3.27. The number of nitrogens with zero attached hydrogens (tertiary/aromatic N) is 3. The van der Waals surface area contributed by atoms with Gasteiger partial charge in [0.15, 0.2) is 5.03 Å². The number of aromatic nitrogens is 2. The molecule has 1 fully saturated rings. The van der Waals surface area contributed by atoms with Gasteiger partial charge in [-0.25, -0.2) is 8.42 Å². The molecular formula is C17H23N3O3S. The van der Waals surface area contributed by atoms with Crippen molar-refractivity contribution in [2.45, 2.75) is 37.4 Å². The van der Waals surface area contributed by atoms with E-state index in [-0.39, 0.29) is 22.6 Å². The van der Waals surface area contributed by atoms with Gasteiger partial charge in [0, 0.05) is 32.0 Å². The summed E-state index contributed by atoms with van der Waals surface area (Å²) in [7, 11) is -0.310. The molecule has 130 valence electrons. The van der Waals surface area contributed by atoms with Crippen molar-refractivity contribution in [1.82, 2.24) is 14.1 Å². The van der Waals surface area contributed by atoms with Crippen molar-refractivity contribution in [3.8, 4) is 5.75 Å². The molecule has 6 nitrogen and oxygen atoms in total. The lowest BCUT2D eigenvalue weighted by atomic mass is 9.64. The lowest BCUT2D eigenvalue weighted by Crippen LogP contribution is -2.63. The van der Waals surface area contributed by atoms with Crippen molar-refractivity contribution >= 4 is 10.0 Å². The van der Waals surface area contributed by atoms with E-state index in [4.69, 9.17) is 4.74 Å². The van der Waals surface area contributed by atoms with Crippen LogP contribution < -0.4 is 4.74 Å². The third-order valence-corrected chi connectivity index (χ3v) is 6.95. The SMILES string of the molecule is CN(C1CC(Oc2ccccc2)C1(C)C)S(=O)(=O)c1ccnn1C. The fourth-order valence-corrected chi connectivity index (χ4v) is 4.88. The summed E-state index contributed by atoms with van der Waals surface area (Å²) in [4.78, 5) is 0. The van der Waals surface area contributed by atoms with E-state index in [9.17, 15) is 8.42 Å². The number of para-hydroxylation sites is 1. The molecule has 2 unspecified atom stereocenters. The number of sulfonamides is 1. The van der Waals surface area contributed by atoms with E-state index >= 15 is 0 Å². The van der Waals surface area contributed by atoms with Crippen LogP contribution in [0.5, 0.6) is 5.75 Å². The maximum atomic E-state index is 12.8. The van der Waals surface area contributed by atoms with Crippen LogP contribution in [0.3, 0.4) is 0 Å². The smallest absolute Gasteiger partial charge is 0.260 e. The van der Waals surface area contributed by atoms with Gasteiger partial charge in [0.1, 0.15) is 11.9 Å². The topological polar surface area (TPSA) is 64.4 Å². The molecule has 0 bridgehead atoms. The van der Waals surface area contributed by atoms with Crippen molar-refractivity contribution in [1.29, 1.82) is 0 Å². The van der Waals surface area contributed by atoms with Gasteiger partial charge < -0.3 is 4.74 Å². The number of benzene rings is 1. The largest absolute Gasteiger partial charge is 0.490 e. The second kappa shape index (κ2) is 5.89. The Morgan fingerprint density at radius 1 is 1.25 bits per heavy atom. The van der Waals surface area contributed by atoms with Crippen LogP contribution in [-0.2, 0) is 17.1 Å². The second-order valence-electron chi connectivity index (χ2n) is 6.81. The normalized spacial score (nSPS) is 23.0. The number of hydrogen-bond donors (Lipinski definition) is 0. The highest BCUT2D eigenvalue weighted by Gasteiger charge is 2.54. The first-order chi connectivity index (χ1) is 11.2. The molecule has 1 aliphatic rings. The minimum atomic E-state index is -3.58. The van der Waals surface area contributed by atoms with Crippen LogP contribution in [0.2, 0.25) is 0 Å². The molecule has 0 saturated heterocycles. The van der Waals surface area contributed by atoms with Gasteiger partial charge >= 0.3 is 0 Å². The Morgan fingerprint density at radius 3 is 2.46 bits per heavy atom. The predicted octanol–water partition coefficient (Wildman–Crippen LogP) is 2.29. The molecule has 0 amide bonds. The molecule has 3 rings (SSSR count).